The molecule has 1 aromatic carbocycles. The van der Waals surface area contributed by atoms with Gasteiger partial charge in [-0.05, 0) is 32.0 Å². The van der Waals surface area contributed by atoms with Gasteiger partial charge in [-0.15, -0.1) is 24.0 Å². The molecule has 1 heterocycles. The Bertz CT molecular complexity index is 711. The van der Waals surface area contributed by atoms with Gasteiger partial charge in [-0.25, -0.2) is 4.98 Å². The van der Waals surface area contributed by atoms with Crippen molar-refractivity contribution in [3.8, 4) is 5.88 Å². The minimum atomic E-state index is 0. The maximum Gasteiger partial charge on any atom is 0.213 e. The number of benzene rings is 1. The average molecular weight is 497 g/mol. The van der Waals surface area contributed by atoms with Crippen LogP contribution in [-0.2, 0) is 13.1 Å². The molecule has 0 fully saturated rings. The lowest BCUT2D eigenvalue weighted by atomic mass is 10.1. The molecule has 1 aromatic heterocycles. The number of nitrogens with one attached hydrogen (secondary N) is 2. The summed E-state index contributed by atoms with van der Waals surface area (Å²) in [4.78, 5) is 11.0. The molecule has 0 radical (unpaired) electrons. The third-order valence-corrected chi connectivity index (χ3v) is 4.53. The van der Waals surface area contributed by atoms with Gasteiger partial charge in [0.05, 0.1) is 19.3 Å². The Hall–Kier alpha value is -1.87. The molecule has 0 saturated heterocycles. The molecule has 1 unspecified atom stereocenters. The molecular formula is C21H32IN5O. The summed E-state index contributed by atoms with van der Waals surface area (Å²) < 4.78 is 5.15. The number of guanidine groups is 1. The summed E-state index contributed by atoms with van der Waals surface area (Å²) in [6.07, 6.45) is 1.03. The fourth-order valence-corrected chi connectivity index (χ4v) is 2.71. The first-order valence-corrected chi connectivity index (χ1v) is 9.31. The second-order valence-corrected chi connectivity index (χ2v) is 6.56. The molecular weight excluding hydrogens is 465 g/mol. The lowest BCUT2D eigenvalue weighted by molar-refractivity contribution is 0.238. The van der Waals surface area contributed by atoms with Gasteiger partial charge in [-0.2, -0.15) is 0 Å². The number of rotatable bonds is 9. The van der Waals surface area contributed by atoms with Gasteiger partial charge in [-0.1, -0.05) is 36.4 Å². The summed E-state index contributed by atoms with van der Waals surface area (Å²) in [6, 6.07) is 16.8. The van der Waals surface area contributed by atoms with E-state index in [1.807, 2.05) is 18.2 Å². The van der Waals surface area contributed by atoms with Crippen molar-refractivity contribution >= 4 is 29.9 Å². The zero-order chi connectivity index (χ0) is 19.5. The van der Waals surface area contributed by atoms with Crippen molar-refractivity contribution in [1.82, 2.24) is 20.5 Å². The average Bonchev–Trinajstić information content (AvgIpc) is 2.71. The van der Waals surface area contributed by atoms with E-state index in [0.29, 0.717) is 18.5 Å². The van der Waals surface area contributed by atoms with Crippen LogP contribution in [0.3, 0.4) is 0 Å². The van der Waals surface area contributed by atoms with E-state index in [4.69, 9.17) is 4.74 Å². The van der Waals surface area contributed by atoms with Crippen LogP contribution in [-0.4, -0.2) is 49.6 Å². The Morgan fingerprint density at radius 3 is 2.57 bits per heavy atom. The Balaban J connectivity index is 0.00000392. The molecule has 1 atom stereocenters. The predicted octanol–water partition coefficient (Wildman–Crippen LogP) is 3.28. The van der Waals surface area contributed by atoms with Gasteiger partial charge >= 0.3 is 0 Å². The van der Waals surface area contributed by atoms with Gasteiger partial charge in [-0.3, -0.25) is 9.89 Å². The van der Waals surface area contributed by atoms with E-state index in [1.165, 1.54) is 5.56 Å². The van der Waals surface area contributed by atoms with Gasteiger partial charge in [0.2, 0.25) is 5.88 Å². The summed E-state index contributed by atoms with van der Waals surface area (Å²) in [5.41, 5.74) is 2.25. The molecule has 0 amide bonds. The lowest BCUT2D eigenvalue weighted by Gasteiger charge is -2.25. The van der Waals surface area contributed by atoms with Crippen molar-refractivity contribution < 1.29 is 4.74 Å². The highest BCUT2D eigenvalue weighted by atomic mass is 127. The summed E-state index contributed by atoms with van der Waals surface area (Å²) in [5, 5.41) is 6.66. The molecule has 2 rings (SSSR count). The van der Waals surface area contributed by atoms with Gasteiger partial charge < -0.3 is 15.4 Å². The van der Waals surface area contributed by atoms with Crippen molar-refractivity contribution in [3.05, 3.63) is 59.8 Å². The monoisotopic (exact) mass is 497 g/mol. The highest BCUT2D eigenvalue weighted by molar-refractivity contribution is 14.0. The number of halogens is 1. The van der Waals surface area contributed by atoms with Crippen LogP contribution < -0.4 is 15.4 Å². The third kappa shape index (κ3) is 8.43. The van der Waals surface area contributed by atoms with Crippen LogP contribution >= 0.6 is 24.0 Å². The molecule has 0 aliphatic rings. The van der Waals surface area contributed by atoms with Crippen LogP contribution in [0.1, 0.15) is 24.6 Å². The van der Waals surface area contributed by atoms with E-state index in [9.17, 15) is 0 Å². The lowest BCUT2D eigenvalue weighted by Crippen LogP contribution is -2.39. The second kappa shape index (κ2) is 13.3. The van der Waals surface area contributed by atoms with E-state index < -0.39 is 0 Å². The van der Waals surface area contributed by atoms with Crippen LogP contribution in [0.2, 0.25) is 0 Å². The zero-order valence-electron chi connectivity index (χ0n) is 17.2. The summed E-state index contributed by atoms with van der Waals surface area (Å²) in [6.45, 7) is 4.66. The fraction of sp³-hybridized carbons (Fsp3) is 0.429. The largest absolute Gasteiger partial charge is 0.481 e. The first kappa shape index (κ1) is 24.2. The maximum atomic E-state index is 5.15. The van der Waals surface area contributed by atoms with Crippen LogP contribution in [0.5, 0.6) is 5.88 Å². The van der Waals surface area contributed by atoms with E-state index in [0.717, 1.165) is 31.2 Å². The van der Waals surface area contributed by atoms with Crippen LogP contribution in [0.4, 0.5) is 0 Å². The Labute approximate surface area is 185 Å². The van der Waals surface area contributed by atoms with Crippen molar-refractivity contribution in [2.24, 2.45) is 4.99 Å². The topological polar surface area (TPSA) is 61.8 Å². The molecule has 0 aliphatic heterocycles. The van der Waals surface area contributed by atoms with Crippen molar-refractivity contribution in [2.75, 3.05) is 27.7 Å². The molecule has 0 saturated carbocycles. The van der Waals surface area contributed by atoms with Gasteiger partial charge in [0, 0.05) is 32.2 Å². The predicted molar refractivity (Wildman–Crippen MR) is 126 cm³/mol. The number of nitrogens with zero attached hydrogens (tertiary/aromatic N) is 3. The number of aliphatic imine (C=N–C) groups is 1. The Kier molecular flexibility index (Phi) is 11.5. The van der Waals surface area contributed by atoms with E-state index in [-0.39, 0.29) is 24.0 Å². The summed E-state index contributed by atoms with van der Waals surface area (Å²) in [7, 11) is 5.56. The van der Waals surface area contributed by atoms with Crippen molar-refractivity contribution in [3.63, 3.8) is 0 Å². The normalized spacial score (nSPS) is 12.2. The number of pyridine rings is 1. The van der Waals surface area contributed by atoms with E-state index in [2.05, 4.69) is 69.8 Å². The maximum absolute atomic E-state index is 5.15. The number of aromatic nitrogens is 1. The van der Waals surface area contributed by atoms with E-state index >= 15 is 0 Å². The smallest absolute Gasteiger partial charge is 0.213 e. The van der Waals surface area contributed by atoms with Gasteiger partial charge in [0.25, 0.3) is 0 Å². The molecule has 154 valence electrons. The summed E-state index contributed by atoms with van der Waals surface area (Å²) in [5.74, 6) is 1.39. The third-order valence-electron chi connectivity index (χ3n) is 4.53. The first-order valence-electron chi connectivity index (χ1n) is 9.31. The van der Waals surface area contributed by atoms with Gasteiger partial charge in [0.15, 0.2) is 5.96 Å². The quantitative estimate of drug-likeness (QED) is 0.317. The van der Waals surface area contributed by atoms with E-state index in [1.54, 1.807) is 14.2 Å². The van der Waals surface area contributed by atoms with Crippen LogP contribution in [0, 0.1) is 0 Å². The fourth-order valence-electron chi connectivity index (χ4n) is 2.71. The van der Waals surface area contributed by atoms with Crippen molar-refractivity contribution in [2.45, 2.75) is 32.5 Å². The molecule has 0 bridgehead atoms. The standard InChI is InChI=1S/C21H31N5O.HI/c1-17(26(3)16-18-9-6-5-7-10-18)13-14-23-21(22-2)24-15-19-11-8-12-20(25-19)27-4;/h5-12,17H,13-16H2,1-4H3,(H2,22,23,24);1H. The zero-order valence-corrected chi connectivity index (χ0v) is 19.5. The molecule has 0 aliphatic carbocycles. The number of hydrogen-bond acceptors (Lipinski definition) is 4. The minimum Gasteiger partial charge on any atom is -0.481 e. The molecule has 2 aromatic rings. The molecule has 28 heavy (non-hydrogen) atoms. The van der Waals surface area contributed by atoms with Gasteiger partial charge in [0.1, 0.15) is 0 Å². The number of ether oxygens (including phenoxy) is 1. The van der Waals surface area contributed by atoms with Crippen LogP contribution in [0.15, 0.2) is 53.5 Å². The first-order chi connectivity index (χ1) is 13.1. The molecule has 0 spiro atoms. The molecule has 6 nitrogen and oxygen atoms in total. The summed E-state index contributed by atoms with van der Waals surface area (Å²) >= 11 is 0. The van der Waals surface area contributed by atoms with Crippen LogP contribution in [0.25, 0.3) is 0 Å². The highest BCUT2D eigenvalue weighted by Crippen LogP contribution is 2.08. The number of hydrogen-bond donors (Lipinski definition) is 2. The minimum absolute atomic E-state index is 0. The number of methoxy groups -OCH3 is 1. The molecule has 2 N–H and O–H groups in total. The Morgan fingerprint density at radius 1 is 1.14 bits per heavy atom. The second-order valence-electron chi connectivity index (χ2n) is 6.56. The molecule has 7 heteroatoms. The Morgan fingerprint density at radius 2 is 1.89 bits per heavy atom. The SMILES string of the molecule is CN=C(NCCC(C)N(C)Cc1ccccc1)NCc1cccc(OC)n1.I. The highest BCUT2D eigenvalue weighted by Gasteiger charge is 2.10. The van der Waals surface area contributed by atoms with Crippen molar-refractivity contribution in [1.29, 1.82) is 0 Å².